The molecule has 0 aromatic heterocycles. The lowest BCUT2D eigenvalue weighted by molar-refractivity contribution is -0.137. The third kappa shape index (κ3) is 4.66. The van der Waals surface area contributed by atoms with Crippen LogP contribution in [0.25, 0.3) is 16.3 Å². The van der Waals surface area contributed by atoms with Gasteiger partial charge in [0.25, 0.3) is 0 Å². The molecule has 3 aromatic rings. The highest BCUT2D eigenvalue weighted by Gasteiger charge is 2.30. The number of fused-ring (bicyclic) bond motifs is 1. The van der Waals surface area contributed by atoms with Crippen molar-refractivity contribution >= 4 is 22.3 Å². The van der Waals surface area contributed by atoms with Crippen molar-refractivity contribution in [2.75, 3.05) is 13.1 Å². The highest BCUT2D eigenvalue weighted by atomic mass is 19.4. The second-order valence-electron chi connectivity index (χ2n) is 8.19. The van der Waals surface area contributed by atoms with Crippen LogP contribution in [0, 0.1) is 13.8 Å². The lowest BCUT2D eigenvalue weighted by atomic mass is 9.97. The highest BCUT2D eigenvalue weighted by molar-refractivity contribution is 5.87. The van der Waals surface area contributed by atoms with Crippen LogP contribution in [0.5, 0.6) is 0 Å². The van der Waals surface area contributed by atoms with E-state index in [4.69, 9.17) is 0 Å². The van der Waals surface area contributed by atoms with Crippen LogP contribution in [-0.4, -0.2) is 23.9 Å². The van der Waals surface area contributed by atoms with E-state index in [9.17, 15) is 18.0 Å². The van der Waals surface area contributed by atoms with E-state index < -0.39 is 11.7 Å². The fraction of sp³-hybridized carbons (Fsp3) is 0.269. The molecule has 31 heavy (non-hydrogen) atoms. The van der Waals surface area contributed by atoms with Crippen molar-refractivity contribution in [2.24, 2.45) is 0 Å². The smallest absolute Gasteiger partial charge is 0.338 e. The molecule has 0 unspecified atom stereocenters. The SMILES string of the molecule is Cc1cc2ccc(CC(=O)N3CC=C(c4cccc(C(F)(F)F)c4)CC3)cc2cc1C. The number of rotatable bonds is 3. The Morgan fingerprint density at radius 1 is 0.968 bits per heavy atom. The Morgan fingerprint density at radius 2 is 1.71 bits per heavy atom. The first-order chi connectivity index (χ1) is 14.7. The standard InChI is InChI=1S/C26H24F3NO/c1-17-12-22-7-6-19(14-23(22)13-18(17)2)15-25(31)30-10-8-20(9-11-30)21-4-3-5-24(16-21)26(27,28)29/h3-8,12-14,16H,9-11,15H2,1-2H3. The number of carbonyl (C=O) groups excluding carboxylic acids is 1. The molecule has 2 nitrogen and oxygen atoms in total. The van der Waals surface area contributed by atoms with Crippen molar-refractivity contribution in [2.45, 2.75) is 32.9 Å². The van der Waals surface area contributed by atoms with Crippen LogP contribution in [0.3, 0.4) is 0 Å². The van der Waals surface area contributed by atoms with Gasteiger partial charge < -0.3 is 4.90 Å². The largest absolute Gasteiger partial charge is 0.416 e. The molecule has 5 heteroatoms. The summed E-state index contributed by atoms with van der Waals surface area (Å²) in [6.07, 6.45) is -1.63. The molecule has 1 aliphatic rings. The van der Waals surface area contributed by atoms with Gasteiger partial charge in [-0.2, -0.15) is 13.2 Å². The summed E-state index contributed by atoms with van der Waals surface area (Å²) in [4.78, 5) is 14.6. The van der Waals surface area contributed by atoms with Gasteiger partial charge in [0.15, 0.2) is 0 Å². The maximum absolute atomic E-state index is 13.0. The monoisotopic (exact) mass is 423 g/mol. The molecule has 0 radical (unpaired) electrons. The molecule has 0 aliphatic carbocycles. The van der Waals surface area contributed by atoms with E-state index in [1.54, 1.807) is 11.0 Å². The zero-order valence-electron chi connectivity index (χ0n) is 17.6. The fourth-order valence-electron chi connectivity index (χ4n) is 4.02. The van der Waals surface area contributed by atoms with Gasteiger partial charge in [-0.15, -0.1) is 0 Å². The average molecular weight is 423 g/mol. The second kappa shape index (κ2) is 8.22. The molecule has 4 rings (SSSR count). The summed E-state index contributed by atoms with van der Waals surface area (Å²) in [6, 6.07) is 15.8. The predicted molar refractivity (Wildman–Crippen MR) is 118 cm³/mol. The molecular formula is C26H24F3NO. The van der Waals surface area contributed by atoms with Crippen molar-refractivity contribution in [1.82, 2.24) is 4.90 Å². The Balaban J connectivity index is 1.45. The van der Waals surface area contributed by atoms with E-state index in [0.717, 1.165) is 28.0 Å². The summed E-state index contributed by atoms with van der Waals surface area (Å²) in [6.45, 7) is 5.08. The number of hydrogen-bond donors (Lipinski definition) is 0. The maximum atomic E-state index is 13.0. The van der Waals surface area contributed by atoms with Crippen molar-refractivity contribution in [3.8, 4) is 0 Å². The van der Waals surface area contributed by atoms with Crippen LogP contribution in [0.15, 0.2) is 60.7 Å². The molecule has 1 aliphatic heterocycles. The number of benzene rings is 3. The summed E-state index contributed by atoms with van der Waals surface area (Å²) in [7, 11) is 0. The molecule has 0 fully saturated rings. The molecule has 0 spiro atoms. The molecule has 1 amide bonds. The van der Waals surface area contributed by atoms with Crippen LogP contribution in [-0.2, 0) is 17.4 Å². The second-order valence-corrected chi connectivity index (χ2v) is 8.19. The van der Waals surface area contributed by atoms with Gasteiger partial charge in [-0.25, -0.2) is 0 Å². The topological polar surface area (TPSA) is 20.3 Å². The molecule has 3 aromatic carbocycles. The number of amides is 1. The van der Waals surface area contributed by atoms with Crippen molar-refractivity contribution < 1.29 is 18.0 Å². The highest BCUT2D eigenvalue weighted by Crippen LogP contribution is 2.32. The van der Waals surface area contributed by atoms with Gasteiger partial charge in [-0.05, 0) is 71.0 Å². The summed E-state index contributed by atoms with van der Waals surface area (Å²) in [5.41, 5.74) is 4.21. The maximum Gasteiger partial charge on any atom is 0.416 e. The third-order valence-electron chi connectivity index (χ3n) is 6.00. The minimum Gasteiger partial charge on any atom is -0.338 e. The van der Waals surface area contributed by atoms with Crippen LogP contribution in [0.2, 0.25) is 0 Å². The lowest BCUT2D eigenvalue weighted by Crippen LogP contribution is -2.35. The Hall–Kier alpha value is -3.08. The van der Waals surface area contributed by atoms with E-state index in [2.05, 4.69) is 32.0 Å². The molecule has 0 atom stereocenters. The lowest BCUT2D eigenvalue weighted by Gasteiger charge is -2.27. The number of nitrogens with zero attached hydrogens (tertiary/aromatic N) is 1. The minimum absolute atomic E-state index is 0.0301. The van der Waals surface area contributed by atoms with Crippen LogP contribution >= 0.6 is 0 Å². The third-order valence-corrected chi connectivity index (χ3v) is 6.00. The number of carbonyl (C=O) groups is 1. The van der Waals surface area contributed by atoms with Crippen molar-refractivity contribution in [3.63, 3.8) is 0 Å². The Morgan fingerprint density at radius 3 is 2.39 bits per heavy atom. The molecule has 0 saturated carbocycles. The van der Waals surface area contributed by atoms with Gasteiger partial charge >= 0.3 is 6.18 Å². The van der Waals surface area contributed by atoms with Gasteiger partial charge in [-0.1, -0.05) is 48.5 Å². The summed E-state index contributed by atoms with van der Waals surface area (Å²) in [5.74, 6) is 0.0301. The fourth-order valence-corrected chi connectivity index (χ4v) is 4.02. The quantitative estimate of drug-likeness (QED) is 0.482. The molecule has 0 N–H and O–H groups in total. The van der Waals surface area contributed by atoms with Crippen molar-refractivity contribution in [1.29, 1.82) is 0 Å². The minimum atomic E-state index is -4.36. The van der Waals surface area contributed by atoms with E-state index in [1.165, 1.54) is 23.3 Å². The predicted octanol–water partition coefficient (Wildman–Crippen LogP) is 6.33. The summed E-state index contributed by atoms with van der Waals surface area (Å²) < 4.78 is 38.9. The number of hydrogen-bond acceptors (Lipinski definition) is 1. The first kappa shape index (κ1) is 21.2. The summed E-state index contributed by atoms with van der Waals surface area (Å²) in [5, 5.41) is 2.28. The van der Waals surface area contributed by atoms with E-state index in [0.29, 0.717) is 31.5 Å². The molecule has 160 valence electrons. The molecule has 1 heterocycles. The van der Waals surface area contributed by atoms with E-state index >= 15 is 0 Å². The van der Waals surface area contributed by atoms with Crippen LogP contribution < -0.4 is 0 Å². The number of alkyl halides is 3. The normalized spacial score (nSPS) is 14.6. The Bertz CT molecular complexity index is 1180. The van der Waals surface area contributed by atoms with E-state index in [1.807, 2.05) is 18.2 Å². The molecular weight excluding hydrogens is 399 g/mol. The van der Waals surface area contributed by atoms with Crippen molar-refractivity contribution in [3.05, 3.63) is 88.5 Å². The first-order valence-electron chi connectivity index (χ1n) is 10.3. The van der Waals surface area contributed by atoms with Gasteiger partial charge in [0.2, 0.25) is 5.91 Å². The van der Waals surface area contributed by atoms with Crippen LogP contribution in [0.1, 0.15) is 34.2 Å². The Kier molecular flexibility index (Phi) is 5.61. The van der Waals surface area contributed by atoms with Gasteiger partial charge in [0.1, 0.15) is 0 Å². The zero-order chi connectivity index (χ0) is 22.2. The molecule has 0 saturated heterocycles. The molecule has 0 bridgehead atoms. The Labute approximate surface area is 180 Å². The average Bonchev–Trinajstić information content (AvgIpc) is 2.74. The first-order valence-corrected chi connectivity index (χ1v) is 10.3. The van der Waals surface area contributed by atoms with Gasteiger partial charge in [0.05, 0.1) is 12.0 Å². The van der Waals surface area contributed by atoms with Gasteiger partial charge in [0, 0.05) is 13.1 Å². The van der Waals surface area contributed by atoms with E-state index in [-0.39, 0.29) is 5.91 Å². The van der Waals surface area contributed by atoms with Gasteiger partial charge in [-0.3, -0.25) is 4.79 Å². The number of aryl methyl sites for hydroxylation is 2. The number of halogens is 3. The summed E-state index contributed by atoms with van der Waals surface area (Å²) >= 11 is 0. The zero-order valence-corrected chi connectivity index (χ0v) is 17.6. The van der Waals surface area contributed by atoms with Crippen LogP contribution in [0.4, 0.5) is 13.2 Å².